The van der Waals surface area contributed by atoms with Crippen LogP contribution in [0.15, 0.2) is 0 Å². The molecule has 0 amide bonds. The summed E-state index contributed by atoms with van der Waals surface area (Å²) in [5.41, 5.74) is -0.789. The summed E-state index contributed by atoms with van der Waals surface area (Å²) in [5.74, 6) is -0.910. The predicted octanol–water partition coefficient (Wildman–Crippen LogP) is 6.97. The Kier molecular flexibility index (Phi) is 24.7. The van der Waals surface area contributed by atoms with Crippen LogP contribution in [-0.4, -0.2) is 75.9 Å². The number of hydrogen-bond donors (Lipinski definition) is 0. The van der Waals surface area contributed by atoms with E-state index >= 15 is 0 Å². The molecule has 0 aromatic carbocycles. The summed E-state index contributed by atoms with van der Waals surface area (Å²) in [5, 5.41) is 0. The van der Waals surface area contributed by atoms with Gasteiger partial charge < -0.3 is 28.4 Å². The number of esters is 3. The normalized spacial score (nSPS) is 11.9. The molecule has 42 heavy (non-hydrogen) atoms. The van der Waals surface area contributed by atoms with Gasteiger partial charge in [-0.3, -0.25) is 14.4 Å². The Morgan fingerprint density at radius 1 is 0.476 bits per heavy atom. The third kappa shape index (κ3) is 24.8. The maximum Gasteiger partial charge on any atom is 0.305 e. The van der Waals surface area contributed by atoms with Crippen molar-refractivity contribution in [2.45, 2.75) is 150 Å². The fourth-order valence-corrected chi connectivity index (χ4v) is 3.95. The molecule has 0 atom stereocenters. The maximum atomic E-state index is 12.5. The van der Waals surface area contributed by atoms with E-state index in [9.17, 15) is 14.4 Å². The Bertz CT molecular complexity index is 603. The quantitative estimate of drug-likeness (QED) is 0.0533. The second-order valence-corrected chi connectivity index (χ2v) is 12.0. The number of unbranched alkanes of at least 4 members (excludes halogenated alkanes) is 6. The van der Waals surface area contributed by atoms with Crippen LogP contribution in [0, 0.1) is 5.41 Å². The van der Waals surface area contributed by atoms with Gasteiger partial charge in [-0.05, 0) is 86.5 Å². The van der Waals surface area contributed by atoms with Gasteiger partial charge in [0, 0.05) is 39.1 Å². The van der Waals surface area contributed by atoms with Gasteiger partial charge in [0.15, 0.2) is 0 Å². The van der Waals surface area contributed by atoms with Gasteiger partial charge in [-0.25, -0.2) is 0 Å². The molecule has 0 aliphatic heterocycles. The van der Waals surface area contributed by atoms with E-state index < -0.39 is 5.41 Å². The minimum atomic E-state index is -0.789. The Morgan fingerprint density at radius 2 is 0.762 bits per heavy atom. The predicted molar refractivity (Wildman–Crippen MR) is 164 cm³/mol. The van der Waals surface area contributed by atoms with Crippen molar-refractivity contribution in [2.75, 3.05) is 39.6 Å². The summed E-state index contributed by atoms with van der Waals surface area (Å²) in [6, 6.07) is 0. The van der Waals surface area contributed by atoms with Gasteiger partial charge >= 0.3 is 17.9 Å². The van der Waals surface area contributed by atoms with Crippen LogP contribution in [0.2, 0.25) is 0 Å². The fraction of sp³-hybridized carbons (Fsp3) is 0.909. The number of carbonyl (C=O) groups is 3. The average Bonchev–Trinajstić information content (AvgIpc) is 2.93. The Labute approximate surface area is 256 Å². The molecule has 0 saturated heterocycles. The summed E-state index contributed by atoms with van der Waals surface area (Å²) in [7, 11) is 0. The van der Waals surface area contributed by atoms with Crippen LogP contribution in [0.4, 0.5) is 0 Å². The van der Waals surface area contributed by atoms with E-state index in [1.807, 2.05) is 48.5 Å². The van der Waals surface area contributed by atoms with Gasteiger partial charge in [0.1, 0.15) is 19.8 Å². The van der Waals surface area contributed by atoms with Crippen molar-refractivity contribution in [2.24, 2.45) is 5.41 Å². The molecule has 0 N–H and O–H groups in total. The first-order valence-corrected chi connectivity index (χ1v) is 16.3. The van der Waals surface area contributed by atoms with Gasteiger partial charge in [0.25, 0.3) is 0 Å². The lowest BCUT2D eigenvalue weighted by Gasteiger charge is -2.31. The highest BCUT2D eigenvalue weighted by atomic mass is 16.6. The lowest BCUT2D eigenvalue weighted by atomic mass is 9.88. The van der Waals surface area contributed by atoms with E-state index in [1.165, 1.54) is 0 Å². The van der Waals surface area contributed by atoms with Crippen molar-refractivity contribution in [1.29, 1.82) is 0 Å². The van der Waals surface area contributed by atoms with Gasteiger partial charge in [-0.2, -0.15) is 0 Å². The van der Waals surface area contributed by atoms with Crippen molar-refractivity contribution in [3.8, 4) is 0 Å². The van der Waals surface area contributed by atoms with Gasteiger partial charge in [0.2, 0.25) is 0 Å². The van der Waals surface area contributed by atoms with Crippen LogP contribution in [0.3, 0.4) is 0 Å². The monoisotopic (exact) mass is 602 g/mol. The molecule has 0 aliphatic rings. The zero-order valence-electron chi connectivity index (χ0n) is 27.8. The summed E-state index contributed by atoms with van der Waals surface area (Å²) in [6.07, 6.45) is 9.52. The molecular weight excluding hydrogens is 540 g/mol. The molecule has 0 radical (unpaired) electrons. The Morgan fingerprint density at radius 3 is 1.00 bits per heavy atom. The second-order valence-electron chi connectivity index (χ2n) is 12.0. The van der Waals surface area contributed by atoms with Crippen molar-refractivity contribution in [1.82, 2.24) is 0 Å². The molecular formula is C33H62O9. The van der Waals surface area contributed by atoms with E-state index in [-0.39, 0.29) is 56.0 Å². The zero-order valence-corrected chi connectivity index (χ0v) is 27.8. The number of ether oxygens (including phenoxy) is 6. The topological polar surface area (TPSA) is 107 Å². The lowest BCUT2D eigenvalue weighted by Crippen LogP contribution is -2.39. The van der Waals surface area contributed by atoms with Crippen molar-refractivity contribution in [3.63, 3.8) is 0 Å². The smallest absolute Gasteiger partial charge is 0.305 e. The van der Waals surface area contributed by atoms with Crippen LogP contribution in [-0.2, 0) is 42.8 Å². The molecule has 9 heteroatoms. The highest BCUT2D eigenvalue weighted by Crippen LogP contribution is 2.25. The maximum absolute atomic E-state index is 12.5. The average molecular weight is 603 g/mol. The van der Waals surface area contributed by atoms with Gasteiger partial charge in [-0.1, -0.05) is 26.2 Å². The molecule has 0 heterocycles. The first kappa shape index (κ1) is 40.3. The van der Waals surface area contributed by atoms with Crippen LogP contribution in [0.5, 0.6) is 0 Å². The molecule has 0 aliphatic carbocycles. The van der Waals surface area contributed by atoms with Crippen molar-refractivity contribution >= 4 is 17.9 Å². The molecule has 0 fully saturated rings. The van der Waals surface area contributed by atoms with E-state index in [0.717, 1.165) is 38.5 Å². The summed E-state index contributed by atoms with van der Waals surface area (Å²) < 4.78 is 33.5. The first-order valence-electron chi connectivity index (χ1n) is 16.3. The zero-order chi connectivity index (χ0) is 31.6. The van der Waals surface area contributed by atoms with E-state index in [0.29, 0.717) is 64.8 Å². The third-order valence-corrected chi connectivity index (χ3v) is 6.80. The number of carbonyl (C=O) groups excluding carboxylic acids is 3. The second kappa shape index (κ2) is 25.8. The van der Waals surface area contributed by atoms with Crippen LogP contribution < -0.4 is 0 Å². The van der Waals surface area contributed by atoms with Crippen LogP contribution >= 0.6 is 0 Å². The van der Waals surface area contributed by atoms with Crippen LogP contribution in [0.1, 0.15) is 132 Å². The molecule has 0 spiro atoms. The molecule has 0 aromatic heterocycles. The molecule has 9 nitrogen and oxygen atoms in total. The molecule has 0 saturated carbocycles. The van der Waals surface area contributed by atoms with E-state index in [2.05, 4.69) is 0 Å². The summed E-state index contributed by atoms with van der Waals surface area (Å²) in [4.78, 5) is 37.4. The van der Waals surface area contributed by atoms with E-state index in [4.69, 9.17) is 28.4 Å². The van der Waals surface area contributed by atoms with Gasteiger partial charge in [-0.15, -0.1) is 0 Å². The molecule has 0 aromatic rings. The first-order chi connectivity index (χ1) is 20.0. The minimum absolute atomic E-state index is 0.0262. The Hall–Kier alpha value is -1.71. The fourth-order valence-electron chi connectivity index (χ4n) is 3.95. The molecule has 0 rings (SSSR count). The highest BCUT2D eigenvalue weighted by molar-refractivity contribution is 5.70. The standard InChI is InChI=1S/C33H62O9/c1-8-33(24-40-30(34)18-12-9-15-21-37-27(2)3,25-41-31(35)19-13-10-16-22-38-28(4)5)26-42-32(36)20-14-11-17-23-39-29(6)7/h27-29H,8-26H2,1-7H3. The number of hydrogen-bond acceptors (Lipinski definition) is 9. The Balaban J connectivity index is 4.76. The summed E-state index contributed by atoms with van der Waals surface area (Å²) >= 11 is 0. The molecule has 0 bridgehead atoms. The molecule has 248 valence electrons. The molecule has 0 unspecified atom stereocenters. The third-order valence-electron chi connectivity index (χ3n) is 6.80. The number of rotatable bonds is 28. The SMILES string of the molecule is CCC(COC(=O)CCCCCOC(C)C)(COC(=O)CCCCCOC(C)C)COC(=O)CCCCCOC(C)C. The van der Waals surface area contributed by atoms with Gasteiger partial charge in [0.05, 0.1) is 23.7 Å². The van der Waals surface area contributed by atoms with Crippen molar-refractivity contribution in [3.05, 3.63) is 0 Å². The van der Waals surface area contributed by atoms with Crippen molar-refractivity contribution < 1.29 is 42.8 Å². The minimum Gasteiger partial charge on any atom is -0.465 e. The lowest BCUT2D eigenvalue weighted by molar-refractivity contribution is -0.162. The largest absolute Gasteiger partial charge is 0.465 e. The highest BCUT2D eigenvalue weighted by Gasteiger charge is 2.34. The van der Waals surface area contributed by atoms with Crippen LogP contribution in [0.25, 0.3) is 0 Å². The van der Waals surface area contributed by atoms with E-state index in [1.54, 1.807) is 0 Å². The summed E-state index contributed by atoms with van der Waals surface area (Å²) in [6.45, 7) is 16.0.